The van der Waals surface area contributed by atoms with Crippen LogP contribution in [0.5, 0.6) is 0 Å². The molecule has 0 atom stereocenters. The van der Waals surface area contributed by atoms with E-state index in [0.29, 0.717) is 16.6 Å². The summed E-state index contributed by atoms with van der Waals surface area (Å²) in [5.74, 6) is 0.159. The lowest BCUT2D eigenvalue weighted by atomic mass is 10.1. The van der Waals surface area contributed by atoms with Crippen molar-refractivity contribution in [3.05, 3.63) is 29.3 Å². The van der Waals surface area contributed by atoms with E-state index in [-0.39, 0.29) is 5.97 Å². The predicted molar refractivity (Wildman–Crippen MR) is 81.6 cm³/mol. The van der Waals surface area contributed by atoms with Crippen LogP contribution < -0.4 is 10.6 Å². The van der Waals surface area contributed by atoms with Crippen LogP contribution in [0.2, 0.25) is 0 Å². The van der Waals surface area contributed by atoms with Crippen molar-refractivity contribution < 1.29 is 9.53 Å². The van der Waals surface area contributed by atoms with E-state index in [9.17, 15) is 4.79 Å². The molecule has 104 valence electrons. The van der Waals surface area contributed by atoms with Crippen LogP contribution in [0.1, 0.15) is 29.8 Å². The Hall–Kier alpha value is -1.62. The molecule has 0 aliphatic carbocycles. The van der Waals surface area contributed by atoms with Crippen molar-refractivity contribution in [1.29, 1.82) is 0 Å². The monoisotopic (exact) mass is 280 g/mol. The predicted octanol–water partition coefficient (Wildman–Crippen LogP) is 2.72. The first-order valence-corrected chi connectivity index (χ1v) is 6.58. The van der Waals surface area contributed by atoms with Gasteiger partial charge in [0.2, 0.25) is 0 Å². The molecule has 0 unspecified atom stereocenters. The SMILES string of the molecule is COC(=O)c1ccc(C)c(NC(=S)NCC(C)C)c1. The molecule has 0 aromatic heterocycles. The second-order valence-electron chi connectivity index (χ2n) is 4.75. The van der Waals surface area contributed by atoms with Gasteiger partial charge in [0.05, 0.1) is 12.7 Å². The molecular formula is C14H20N2O2S. The first-order valence-electron chi connectivity index (χ1n) is 6.18. The maximum absolute atomic E-state index is 11.5. The number of rotatable bonds is 4. The molecule has 0 aliphatic heterocycles. The molecule has 19 heavy (non-hydrogen) atoms. The molecule has 0 spiro atoms. The average Bonchev–Trinajstić information content (AvgIpc) is 2.38. The van der Waals surface area contributed by atoms with Gasteiger partial charge in [0.1, 0.15) is 0 Å². The number of hydrogen-bond acceptors (Lipinski definition) is 3. The van der Waals surface area contributed by atoms with Gasteiger partial charge in [0, 0.05) is 12.2 Å². The Kier molecular flexibility index (Phi) is 5.76. The Morgan fingerprint density at radius 1 is 1.42 bits per heavy atom. The van der Waals surface area contributed by atoms with Gasteiger partial charge in [0.25, 0.3) is 0 Å². The highest BCUT2D eigenvalue weighted by Crippen LogP contribution is 2.17. The van der Waals surface area contributed by atoms with Crippen molar-refractivity contribution in [2.24, 2.45) is 5.92 Å². The van der Waals surface area contributed by atoms with Crippen molar-refractivity contribution in [1.82, 2.24) is 5.32 Å². The number of carbonyl (C=O) groups excluding carboxylic acids is 1. The van der Waals surface area contributed by atoms with Gasteiger partial charge in [-0.1, -0.05) is 19.9 Å². The average molecular weight is 280 g/mol. The summed E-state index contributed by atoms with van der Waals surface area (Å²) in [6, 6.07) is 5.33. The zero-order chi connectivity index (χ0) is 14.4. The van der Waals surface area contributed by atoms with Crippen molar-refractivity contribution >= 4 is 29.0 Å². The number of benzene rings is 1. The Bertz CT molecular complexity index is 473. The first kappa shape index (κ1) is 15.4. The van der Waals surface area contributed by atoms with Crippen molar-refractivity contribution in [2.45, 2.75) is 20.8 Å². The Morgan fingerprint density at radius 3 is 2.68 bits per heavy atom. The number of methoxy groups -OCH3 is 1. The Morgan fingerprint density at radius 2 is 2.11 bits per heavy atom. The van der Waals surface area contributed by atoms with E-state index in [1.54, 1.807) is 12.1 Å². The van der Waals surface area contributed by atoms with E-state index < -0.39 is 0 Å². The van der Waals surface area contributed by atoms with Crippen molar-refractivity contribution in [3.8, 4) is 0 Å². The summed E-state index contributed by atoms with van der Waals surface area (Å²) in [5, 5.41) is 6.78. The number of esters is 1. The fraction of sp³-hybridized carbons (Fsp3) is 0.429. The number of nitrogens with one attached hydrogen (secondary N) is 2. The molecule has 1 rings (SSSR count). The Labute approximate surface area is 119 Å². The summed E-state index contributed by atoms with van der Waals surface area (Å²) < 4.78 is 4.70. The van der Waals surface area contributed by atoms with Crippen LogP contribution in [0.25, 0.3) is 0 Å². The van der Waals surface area contributed by atoms with Crippen LogP contribution in [0.4, 0.5) is 5.69 Å². The van der Waals surface area contributed by atoms with Crippen LogP contribution in [-0.2, 0) is 4.74 Å². The zero-order valence-corrected chi connectivity index (χ0v) is 12.6. The lowest BCUT2D eigenvalue weighted by molar-refractivity contribution is 0.0601. The lowest BCUT2D eigenvalue weighted by Gasteiger charge is -2.14. The van der Waals surface area contributed by atoms with Crippen LogP contribution >= 0.6 is 12.2 Å². The summed E-state index contributed by atoms with van der Waals surface area (Å²) in [4.78, 5) is 11.5. The number of carbonyl (C=O) groups is 1. The van der Waals surface area contributed by atoms with Gasteiger partial charge in [-0.15, -0.1) is 0 Å². The normalized spacial score (nSPS) is 10.2. The van der Waals surface area contributed by atoms with Gasteiger partial charge in [-0.25, -0.2) is 4.79 Å². The third-order valence-corrected chi connectivity index (χ3v) is 2.82. The molecule has 0 fully saturated rings. The fourth-order valence-corrected chi connectivity index (χ4v) is 1.66. The van der Waals surface area contributed by atoms with Gasteiger partial charge in [-0.05, 0) is 42.8 Å². The second kappa shape index (κ2) is 7.09. The Balaban J connectivity index is 2.77. The molecule has 0 radical (unpaired) electrons. The lowest BCUT2D eigenvalue weighted by Crippen LogP contribution is -2.31. The minimum Gasteiger partial charge on any atom is -0.465 e. The standard InChI is InChI=1S/C14H20N2O2S/c1-9(2)8-15-14(19)16-12-7-11(13(17)18-4)6-5-10(12)3/h5-7,9H,8H2,1-4H3,(H2,15,16,19). The van der Waals surface area contributed by atoms with E-state index in [0.717, 1.165) is 17.8 Å². The smallest absolute Gasteiger partial charge is 0.337 e. The molecule has 2 N–H and O–H groups in total. The van der Waals surface area contributed by atoms with Crippen molar-refractivity contribution in [3.63, 3.8) is 0 Å². The van der Waals surface area contributed by atoms with Crippen molar-refractivity contribution in [2.75, 3.05) is 19.0 Å². The highest BCUT2D eigenvalue weighted by molar-refractivity contribution is 7.80. The molecule has 0 amide bonds. The molecule has 0 saturated carbocycles. The fourth-order valence-electron chi connectivity index (χ4n) is 1.46. The van der Waals surface area contributed by atoms with E-state index in [2.05, 4.69) is 24.5 Å². The van der Waals surface area contributed by atoms with Crippen LogP contribution in [0.3, 0.4) is 0 Å². The minimum absolute atomic E-state index is 0.357. The molecule has 0 saturated heterocycles. The molecular weight excluding hydrogens is 260 g/mol. The van der Waals surface area contributed by atoms with Crippen LogP contribution in [-0.4, -0.2) is 24.7 Å². The summed E-state index contributed by atoms with van der Waals surface area (Å²) in [6.45, 7) is 6.98. The number of aryl methyl sites for hydroxylation is 1. The van der Waals surface area contributed by atoms with Gasteiger partial charge >= 0.3 is 5.97 Å². The maximum Gasteiger partial charge on any atom is 0.337 e. The number of hydrogen-bond donors (Lipinski definition) is 2. The third-order valence-electron chi connectivity index (χ3n) is 2.58. The third kappa shape index (κ3) is 4.87. The molecule has 1 aromatic carbocycles. The van der Waals surface area contributed by atoms with Gasteiger partial charge < -0.3 is 15.4 Å². The summed E-state index contributed by atoms with van der Waals surface area (Å²) >= 11 is 5.21. The number of ether oxygens (including phenoxy) is 1. The number of anilines is 1. The van der Waals surface area contributed by atoms with E-state index in [4.69, 9.17) is 17.0 Å². The quantitative estimate of drug-likeness (QED) is 0.656. The zero-order valence-electron chi connectivity index (χ0n) is 11.7. The molecule has 4 nitrogen and oxygen atoms in total. The molecule has 5 heteroatoms. The van der Waals surface area contributed by atoms with Crippen LogP contribution in [0.15, 0.2) is 18.2 Å². The van der Waals surface area contributed by atoms with E-state index in [1.165, 1.54) is 7.11 Å². The maximum atomic E-state index is 11.5. The topological polar surface area (TPSA) is 50.4 Å². The number of thiocarbonyl (C=S) groups is 1. The van der Waals surface area contributed by atoms with E-state index in [1.807, 2.05) is 13.0 Å². The largest absolute Gasteiger partial charge is 0.465 e. The minimum atomic E-state index is -0.357. The highest BCUT2D eigenvalue weighted by Gasteiger charge is 2.09. The van der Waals surface area contributed by atoms with Gasteiger partial charge in [-0.3, -0.25) is 0 Å². The van der Waals surface area contributed by atoms with Crippen LogP contribution in [0, 0.1) is 12.8 Å². The summed E-state index contributed by atoms with van der Waals surface area (Å²) in [5.41, 5.74) is 2.33. The first-order chi connectivity index (χ1) is 8.93. The molecule has 1 aromatic rings. The molecule has 0 bridgehead atoms. The van der Waals surface area contributed by atoms with Gasteiger partial charge in [-0.2, -0.15) is 0 Å². The second-order valence-corrected chi connectivity index (χ2v) is 5.16. The van der Waals surface area contributed by atoms with Gasteiger partial charge in [0.15, 0.2) is 5.11 Å². The molecule has 0 aliphatic rings. The highest BCUT2D eigenvalue weighted by atomic mass is 32.1. The summed E-state index contributed by atoms with van der Waals surface area (Å²) in [6.07, 6.45) is 0. The summed E-state index contributed by atoms with van der Waals surface area (Å²) in [7, 11) is 1.37. The molecule has 0 heterocycles. The van der Waals surface area contributed by atoms with E-state index >= 15 is 0 Å².